The Morgan fingerprint density at radius 3 is 2.08 bits per heavy atom. The molecule has 0 aliphatic rings. The van der Waals surface area contributed by atoms with Gasteiger partial charge in [-0.3, -0.25) is 0 Å². The Morgan fingerprint density at radius 2 is 1.58 bits per heavy atom. The maximum Gasteiger partial charge on any atom is 0.114 e. The maximum atomic E-state index is 8.58. The van der Waals surface area contributed by atoms with E-state index in [2.05, 4.69) is 0 Å². The minimum Gasteiger partial charge on any atom is -0.192 e. The van der Waals surface area contributed by atoms with Crippen LogP contribution in [0.2, 0.25) is 0 Å². The second kappa shape index (κ2) is 3.15. The molecule has 5 heteroatoms. The van der Waals surface area contributed by atoms with Crippen molar-refractivity contribution in [2.45, 2.75) is 0 Å². The molecule has 0 aliphatic heterocycles. The summed E-state index contributed by atoms with van der Waals surface area (Å²) in [4.78, 5) is 0. The standard InChI is InChI=1S/C7HB4N/c8-4-1-3(2-12)5(9)7(11)6(4)10/h1H. The average molecular weight is 142 g/mol. The summed E-state index contributed by atoms with van der Waals surface area (Å²) in [5.74, 6) is 0. The lowest BCUT2D eigenvalue weighted by Crippen LogP contribution is -2.48. The van der Waals surface area contributed by atoms with Crippen LogP contribution in [0, 0.1) is 11.3 Å². The van der Waals surface area contributed by atoms with Crippen molar-refractivity contribution in [1.82, 2.24) is 0 Å². The number of nitriles is 1. The van der Waals surface area contributed by atoms with Crippen molar-refractivity contribution in [3.05, 3.63) is 11.6 Å². The maximum absolute atomic E-state index is 8.58. The molecule has 12 heavy (non-hydrogen) atoms. The number of hydrogen-bond donors (Lipinski definition) is 0. The highest BCUT2D eigenvalue weighted by Crippen LogP contribution is 1.83. The lowest BCUT2D eigenvalue weighted by Gasteiger charge is -2.11. The highest BCUT2D eigenvalue weighted by Gasteiger charge is 2.03. The number of nitrogens with zero attached hydrogens (tertiary/aromatic N) is 1. The first-order valence-electron chi connectivity index (χ1n) is 3.21. The molecule has 0 unspecified atom stereocenters. The van der Waals surface area contributed by atoms with E-state index in [1.165, 1.54) is 6.07 Å². The first-order valence-corrected chi connectivity index (χ1v) is 3.21. The molecule has 46 valence electrons. The van der Waals surface area contributed by atoms with Crippen LogP contribution < -0.4 is 21.9 Å². The van der Waals surface area contributed by atoms with Gasteiger partial charge in [0, 0.05) is 5.56 Å². The fourth-order valence-electron chi connectivity index (χ4n) is 0.849. The fourth-order valence-corrected chi connectivity index (χ4v) is 0.849. The monoisotopic (exact) mass is 143 g/mol. The predicted molar refractivity (Wildman–Crippen MR) is 52.7 cm³/mol. The van der Waals surface area contributed by atoms with Gasteiger partial charge < -0.3 is 0 Å². The van der Waals surface area contributed by atoms with Crippen LogP contribution in [-0.4, -0.2) is 31.4 Å². The van der Waals surface area contributed by atoms with Gasteiger partial charge in [-0.2, -0.15) is 5.26 Å². The van der Waals surface area contributed by atoms with Crippen molar-refractivity contribution in [2.75, 3.05) is 0 Å². The molecule has 8 radical (unpaired) electrons. The lowest BCUT2D eigenvalue weighted by molar-refractivity contribution is 1.51. The average Bonchev–Trinajstić information content (AvgIpc) is 2.08. The second-order valence-corrected chi connectivity index (χ2v) is 2.37. The van der Waals surface area contributed by atoms with Crippen molar-refractivity contribution >= 4 is 53.2 Å². The lowest BCUT2D eigenvalue weighted by atomic mass is 9.65. The Bertz CT molecular complexity index is 367. The molecule has 0 amide bonds. The second-order valence-electron chi connectivity index (χ2n) is 2.37. The topological polar surface area (TPSA) is 23.8 Å². The Labute approximate surface area is 76.8 Å². The van der Waals surface area contributed by atoms with Gasteiger partial charge in [-0.05, 0) is 0 Å². The summed E-state index contributed by atoms with van der Waals surface area (Å²) in [6, 6.07) is 3.27. The minimum absolute atomic E-state index is 0.173. The third-order valence-electron chi connectivity index (χ3n) is 1.60. The van der Waals surface area contributed by atoms with Crippen molar-refractivity contribution in [3.63, 3.8) is 0 Å². The first-order chi connectivity index (χ1) is 5.57. The predicted octanol–water partition coefficient (Wildman–Crippen LogP) is -3.27. The van der Waals surface area contributed by atoms with Gasteiger partial charge in [0.2, 0.25) is 0 Å². The van der Waals surface area contributed by atoms with Crippen LogP contribution in [-0.2, 0) is 0 Å². The summed E-state index contributed by atoms with van der Waals surface area (Å²) in [6.07, 6.45) is 0. The van der Waals surface area contributed by atoms with Gasteiger partial charge in [-0.25, -0.2) is 0 Å². The van der Waals surface area contributed by atoms with E-state index in [9.17, 15) is 0 Å². The minimum atomic E-state index is 0.173. The van der Waals surface area contributed by atoms with Gasteiger partial charge >= 0.3 is 0 Å². The van der Waals surface area contributed by atoms with Gasteiger partial charge in [0.1, 0.15) is 31.4 Å². The van der Waals surface area contributed by atoms with Crippen LogP contribution in [0.3, 0.4) is 0 Å². The van der Waals surface area contributed by atoms with E-state index >= 15 is 0 Å². The van der Waals surface area contributed by atoms with E-state index in [1.54, 1.807) is 0 Å². The fraction of sp³-hybridized carbons (Fsp3) is 0. The van der Waals surface area contributed by atoms with Crippen molar-refractivity contribution in [1.29, 1.82) is 5.26 Å². The quantitative estimate of drug-likeness (QED) is 0.349. The summed E-state index contributed by atoms with van der Waals surface area (Å²) in [5.41, 5.74) is 1.11. The van der Waals surface area contributed by atoms with E-state index in [1.807, 2.05) is 6.07 Å². The van der Waals surface area contributed by atoms with E-state index in [0.29, 0.717) is 0 Å². The van der Waals surface area contributed by atoms with Crippen LogP contribution in [0.4, 0.5) is 0 Å². The molecule has 1 nitrogen and oxygen atoms in total. The van der Waals surface area contributed by atoms with Gasteiger partial charge in [0.15, 0.2) is 0 Å². The highest BCUT2D eigenvalue weighted by molar-refractivity contribution is 6.62. The Kier molecular flexibility index (Phi) is 2.37. The molecule has 0 saturated carbocycles. The van der Waals surface area contributed by atoms with E-state index < -0.39 is 0 Å². The van der Waals surface area contributed by atoms with Gasteiger partial charge in [-0.1, -0.05) is 11.5 Å². The van der Waals surface area contributed by atoms with Crippen LogP contribution in [0.5, 0.6) is 0 Å². The zero-order valence-electron chi connectivity index (χ0n) is 6.33. The largest absolute Gasteiger partial charge is 0.192 e. The molecule has 0 aromatic heterocycles. The first kappa shape index (κ1) is 9.06. The summed E-state index contributed by atoms with van der Waals surface area (Å²) in [5, 5.41) is 8.58. The molecule has 0 spiro atoms. The Morgan fingerprint density at radius 1 is 1.00 bits per heavy atom. The molecule has 0 fully saturated rings. The van der Waals surface area contributed by atoms with Crippen LogP contribution in [0.25, 0.3) is 0 Å². The summed E-state index contributed by atoms with van der Waals surface area (Å²) >= 11 is 0. The molecule has 1 aromatic carbocycles. The smallest absolute Gasteiger partial charge is 0.114 e. The SMILES string of the molecule is [B]c1cc(C#N)c([B])c([B])c1[B]. The molecular weight excluding hydrogens is 141 g/mol. The molecule has 0 heterocycles. The van der Waals surface area contributed by atoms with Crippen molar-refractivity contribution < 1.29 is 0 Å². The van der Waals surface area contributed by atoms with Gasteiger partial charge in [-0.15, -0.1) is 16.4 Å². The summed E-state index contributed by atoms with van der Waals surface area (Å²) in [7, 11) is 21.9. The van der Waals surface area contributed by atoms with E-state index in [0.717, 1.165) is 0 Å². The Hall–Kier alpha value is -1.03. The zero-order valence-corrected chi connectivity index (χ0v) is 6.33. The van der Waals surface area contributed by atoms with Gasteiger partial charge in [0.05, 0.1) is 6.07 Å². The van der Waals surface area contributed by atoms with Crippen LogP contribution >= 0.6 is 0 Å². The molecule has 1 aromatic rings. The third kappa shape index (κ3) is 1.30. The molecule has 0 saturated heterocycles. The summed E-state index contributed by atoms with van der Waals surface area (Å²) < 4.78 is 0. The van der Waals surface area contributed by atoms with Crippen LogP contribution in [0.15, 0.2) is 6.07 Å². The molecule has 1 rings (SSSR count). The molecule has 0 aliphatic carbocycles. The third-order valence-corrected chi connectivity index (χ3v) is 1.60. The van der Waals surface area contributed by atoms with Crippen molar-refractivity contribution in [2.24, 2.45) is 0 Å². The molecule has 0 N–H and O–H groups in total. The van der Waals surface area contributed by atoms with Crippen molar-refractivity contribution in [3.8, 4) is 6.07 Å². The number of rotatable bonds is 0. The molecular formula is C7HB4N. The highest BCUT2D eigenvalue weighted by atomic mass is 14.2. The zero-order chi connectivity index (χ0) is 9.30. The summed E-state index contributed by atoms with van der Waals surface area (Å²) in [6.45, 7) is 0. The number of benzene rings is 1. The molecule has 0 bridgehead atoms. The normalized spacial score (nSPS) is 9.25. The number of hydrogen-bond acceptors (Lipinski definition) is 1. The Balaban J connectivity index is 3.52. The van der Waals surface area contributed by atoms with E-state index in [4.69, 9.17) is 36.6 Å². The van der Waals surface area contributed by atoms with Gasteiger partial charge in [0.25, 0.3) is 0 Å². The van der Waals surface area contributed by atoms with Crippen LogP contribution in [0.1, 0.15) is 5.56 Å². The van der Waals surface area contributed by atoms with E-state index in [-0.39, 0.29) is 27.4 Å². The molecule has 0 atom stereocenters.